The van der Waals surface area contributed by atoms with Gasteiger partial charge in [0.1, 0.15) is 5.75 Å². The molecule has 0 spiro atoms. The Labute approximate surface area is 99.8 Å². The maximum atomic E-state index is 11.7. The number of ether oxygens (including phenoxy) is 1. The van der Waals surface area contributed by atoms with Gasteiger partial charge in [-0.3, -0.25) is 4.79 Å². The van der Waals surface area contributed by atoms with Crippen molar-refractivity contribution < 1.29 is 9.53 Å². The van der Waals surface area contributed by atoms with E-state index < -0.39 is 0 Å². The normalized spacial score (nSPS) is 10.3. The van der Waals surface area contributed by atoms with Gasteiger partial charge in [-0.2, -0.15) is 5.10 Å². The smallest absolute Gasteiger partial charge is 0.165 e. The first-order chi connectivity index (χ1) is 8.13. The first-order valence-electron chi connectivity index (χ1n) is 5.34. The number of ketones is 1. The van der Waals surface area contributed by atoms with E-state index in [4.69, 9.17) is 4.74 Å². The van der Waals surface area contributed by atoms with Gasteiger partial charge in [0.05, 0.1) is 24.1 Å². The van der Waals surface area contributed by atoms with Crippen LogP contribution in [0.2, 0.25) is 0 Å². The lowest BCUT2D eigenvalue weighted by atomic mass is 10.1. The Balaban J connectivity index is 2.65. The third kappa shape index (κ3) is 2.06. The number of hydrogen-bond donors (Lipinski definition) is 0. The Kier molecular flexibility index (Phi) is 2.95. The van der Waals surface area contributed by atoms with Crippen LogP contribution in [0, 0.1) is 6.92 Å². The van der Waals surface area contributed by atoms with Gasteiger partial charge in [-0.05, 0) is 32.0 Å². The van der Waals surface area contributed by atoms with Crippen LogP contribution in [0.15, 0.2) is 30.5 Å². The number of hydrogen-bond acceptors (Lipinski definition) is 3. The van der Waals surface area contributed by atoms with Crippen molar-refractivity contribution in [3.05, 3.63) is 41.7 Å². The van der Waals surface area contributed by atoms with Crippen molar-refractivity contribution >= 4 is 5.78 Å². The fraction of sp³-hybridized carbons (Fsp3) is 0.231. The molecule has 0 radical (unpaired) electrons. The molecule has 0 atom stereocenters. The van der Waals surface area contributed by atoms with Crippen LogP contribution in [0.4, 0.5) is 0 Å². The first-order valence-corrected chi connectivity index (χ1v) is 5.34. The molecule has 0 aliphatic rings. The summed E-state index contributed by atoms with van der Waals surface area (Å²) in [5.41, 5.74) is 2.20. The van der Waals surface area contributed by atoms with Crippen LogP contribution in [0.3, 0.4) is 0 Å². The van der Waals surface area contributed by atoms with E-state index in [0.717, 1.165) is 11.4 Å². The SMILES string of the molecule is COc1cccc(-n2ccc(C)n2)c1C(C)=O. The van der Waals surface area contributed by atoms with E-state index in [1.807, 2.05) is 31.3 Å². The van der Waals surface area contributed by atoms with Crippen LogP contribution in [-0.4, -0.2) is 22.7 Å². The molecule has 1 heterocycles. The monoisotopic (exact) mass is 230 g/mol. The molecule has 88 valence electrons. The molecule has 0 amide bonds. The van der Waals surface area contributed by atoms with Crippen LogP contribution < -0.4 is 4.74 Å². The lowest BCUT2D eigenvalue weighted by molar-refractivity contribution is 0.101. The molecule has 0 saturated heterocycles. The van der Waals surface area contributed by atoms with Gasteiger partial charge in [0.15, 0.2) is 5.78 Å². The third-order valence-electron chi connectivity index (χ3n) is 2.55. The molecule has 4 nitrogen and oxygen atoms in total. The van der Waals surface area contributed by atoms with E-state index in [1.165, 1.54) is 6.92 Å². The molecule has 0 saturated carbocycles. The van der Waals surface area contributed by atoms with Crippen molar-refractivity contribution in [1.82, 2.24) is 9.78 Å². The van der Waals surface area contributed by atoms with Crippen molar-refractivity contribution in [2.75, 3.05) is 7.11 Å². The fourth-order valence-electron chi connectivity index (χ4n) is 1.78. The summed E-state index contributed by atoms with van der Waals surface area (Å²) >= 11 is 0. The van der Waals surface area contributed by atoms with Crippen molar-refractivity contribution in [2.45, 2.75) is 13.8 Å². The second-order valence-electron chi connectivity index (χ2n) is 3.81. The summed E-state index contributed by atoms with van der Waals surface area (Å²) in [5.74, 6) is 0.536. The minimum atomic E-state index is -0.0365. The second-order valence-corrected chi connectivity index (χ2v) is 3.81. The summed E-state index contributed by atoms with van der Waals surface area (Å²) in [4.78, 5) is 11.7. The first kappa shape index (κ1) is 11.4. The quantitative estimate of drug-likeness (QED) is 0.760. The zero-order valence-corrected chi connectivity index (χ0v) is 10.1. The number of methoxy groups -OCH3 is 1. The predicted octanol–water partition coefficient (Wildman–Crippen LogP) is 2.39. The van der Waals surface area contributed by atoms with Gasteiger partial charge in [-0.25, -0.2) is 4.68 Å². The van der Waals surface area contributed by atoms with Gasteiger partial charge in [0.25, 0.3) is 0 Å². The molecule has 2 rings (SSSR count). The van der Waals surface area contributed by atoms with Crippen LogP contribution in [0.1, 0.15) is 23.0 Å². The lowest BCUT2D eigenvalue weighted by Crippen LogP contribution is -2.06. The molecule has 0 aliphatic carbocycles. The van der Waals surface area contributed by atoms with Crippen LogP contribution in [0.25, 0.3) is 5.69 Å². The molecule has 0 bridgehead atoms. The summed E-state index contributed by atoms with van der Waals surface area (Å²) in [6.45, 7) is 3.43. The summed E-state index contributed by atoms with van der Waals surface area (Å²) in [6.07, 6.45) is 1.83. The Morgan fingerprint density at radius 2 is 2.12 bits per heavy atom. The highest BCUT2D eigenvalue weighted by molar-refractivity contribution is 6.00. The van der Waals surface area contributed by atoms with E-state index in [9.17, 15) is 4.79 Å². The van der Waals surface area contributed by atoms with Gasteiger partial charge < -0.3 is 4.74 Å². The molecule has 0 aliphatic heterocycles. The van der Waals surface area contributed by atoms with E-state index >= 15 is 0 Å². The second kappa shape index (κ2) is 4.41. The van der Waals surface area contributed by atoms with E-state index in [-0.39, 0.29) is 5.78 Å². The highest BCUT2D eigenvalue weighted by Gasteiger charge is 2.15. The van der Waals surface area contributed by atoms with Crippen LogP contribution in [-0.2, 0) is 0 Å². The Morgan fingerprint density at radius 1 is 1.35 bits per heavy atom. The molecule has 17 heavy (non-hydrogen) atoms. The molecule has 2 aromatic rings. The molecule has 0 fully saturated rings. The number of carbonyl (C=O) groups excluding carboxylic acids is 1. The van der Waals surface area contributed by atoms with Gasteiger partial charge in [-0.1, -0.05) is 6.07 Å². The van der Waals surface area contributed by atoms with Crippen molar-refractivity contribution in [1.29, 1.82) is 0 Å². The van der Waals surface area contributed by atoms with Gasteiger partial charge in [0.2, 0.25) is 0 Å². The summed E-state index contributed by atoms with van der Waals surface area (Å²) in [6, 6.07) is 7.36. The molecule has 1 aromatic carbocycles. The van der Waals surface area contributed by atoms with E-state index in [1.54, 1.807) is 17.9 Å². The number of nitrogens with zero attached hydrogens (tertiary/aromatic N) is 2. The molecule has 0 N–H and O–H groups in total. The van der Waals surface area contributed by atoms with E-state index in [2.05, 4.69) is 5.10 Å². The Morgan fingerprint density at radius 3 is 2.65 bits per heavy atom. The van der Waals surface area contributed by atoms with Crippen LogP contribution >= 0.6 is 0 Å². The maximum absolute atomic E-state index is 11.7. The van der Waals surface area contributed by atoms with E-state index in [0.29, 0.717) is 11.3 Å². The molecular formula is C13H14N2O2. The number of aryl methyl sites for hydroxylation is 1. The number of benzene rings is 1. The average molecular weight is 230 g/mol. The minimum absolute atomic E-state index is 0.0365. The molecular weight excluding hydrogens is 216 g/mol. The number of rotatable bonds is 3. The number of aromatic nitrogens is 2. The Bertz CT molecular complexity index is 558. The molecule has 1 aromatic heterocycles. The maximum Gasteiger partial charge on any atom is 0.165 e. The largest absolute Gasteiger partial charge is 0.496 e. The van der Waals surface area contributed by atoms with Gasteiger partial charge in [0, 0.05) is 6.20 Å². The van der Waals surface area contributed by atoms with Crippen LogP contribution in [0.5, 0.6) is 5.75 Å². The van der Waals surface area contributed by atoms with Gasteiger partial charge >= 0.3 is 0 Å². The summed E-state index contributed by atoms with van der Waals surface area (Å²) < 4.78 is 6.90. The molecule has 0 unspecified atom stereocenters. The number of Topliss-reactive ketones (excluding diaryl/α,β-unsaturated/α-hetero) is 1. The highest BCUT2D eigenvalue weighted by Crippen LogP contribution is 2.25. The standard InChI is InChI=1S/C13H14N2O2/c1-9-7-8-15(14-9)11-5-4-6-12(17-3)13(11)10(2)16/h4-8H,1-3H3. The van der Waals surface area contributed by atoms with Crippen molar-refractivity contribution in [3.8, 4) is 11.4 Å². The zero-order valence-electron chi connectivity index (χ0n) is 10.1. The zero-order chi connectivity index (χ0) is 12.4. The topological polar surface area (TPSA) is 44.1 Å². The van der Waals surface area contributed by atoms with Crippen molar-refractivity contribution in [2.24, 2.45) is 0 Å². The van der Waals surface area contributed by atoms with Crippen molar-refractivity contribution in [3.63, 3.8) is 0 Å². The summed E-state index contributed by atoms with van der Waals surface area (Å²) in [7, 11) is 1.56. The average Bonchev–Trinajstić information content (AvgIpc) is 2.74. The fourth-order valence-corrected chi connectivity index (χ4v) is 1.78. The minimum Gasteiger partial charge on any atom is -0.496 e. The lowest BCUT2D eigenvalue weighted by Gasteiger charge is -2.11. The number of carbonyl (C=O) groups is 1. The highest BCUT2D eigenvalue weighted by atomic mass is 16.5. The molecule has 4 heteroatoms. The predicted molar refractivity (Wildman–Crippen MR) is 64.9 cm³/mol. The Hall–Kier alpha value is -2.10. The van der Waals surface area contributed by atoms with Gasteiger partial charge in [-0.15, -0.1) is 0 Å². The third-order valence-corrected chi connectivity index (χ3v) is 2.55. The summed E-state index contributed by atoms with van der Waals surface area (Å²) in [5, 5.41) is 4.31.